The minimum atomic E-state index is -0.578. The van der Waals surface area contributed by atoms with E-state index in [1.165, 1.54) is 4.90 Å². The number of carbonyl (C=O) groups excluding carboxylic acids is 2. The Morgan fingerprint density at radius 1 is 1.58 bits per heavy atom. The van der Waals surface area contributed by atoms with Crippen LogP contribution in [-0.2, 0) is 16.1 Å². The van der Waals surface area contributed by atoms with Gasteiger partial charge in [0, 0.05) is 23.6 Å². The summed E-state index contributed by atoms with van der Waals surface area (Å²) in [4.78, 5) is 27.2. The summed E-state index contributed by atoms with van der Waals surface area (Å²) in [6.45, 7) is 6.74. The lowest BCUT2D eigenvalue weighted by Crippen LogP contribution is -2.33. The molecule has 0 aromatic carbocycles. The predicted molar refractivity (Wildman–Crippen MR) is 86.4 cm³/mol. The van der Waals surface area contributed by atoms with Gasteiger partial charge in [-0.25, -0.2) is 9.48 Å². The molecule has 2 amide bonds. The zero-order valence-electron chi connectivity index (χ0n) is 14.0. The number of anilines is 1. The van der Waals surface area contributed by atoms with E-state index < -0.39 is 17.7 Å². The summed E-state index contributed by atoms with van der Waals surface area (Å²) in [5.74, 6) is 0.639. The fourth-order valence-electron chi connectivity index (χ4n) is 2.48. The first-order chi connectivity index (χ1) is 11.4. The molecule has 10 heteroatoms. The van der Waals surface area contributed by atoms with E-state index in [0.29, 0.717) is 30.9 Å². The lowest BCUT2D eigenvalue weighted by Gasteiger charge is -2.20. The van der Waals surface area contributed by atoms with Crippen LogP contribution in [0, 0.1) is 0 Å². The molecule has 1 aliphatic heterocycles. The van der Waals surface area contributed by atoms with Crippen molar-refractivity contribution in [3.05, 3.63) is 22.2 Å². The molecule has 1 atom stereocenters. The van der Waals surface area contributed by atoms with Gasteiger partial charge in [-0.05, 0) is 32.7 Å². The van der Waals surface area contributed by atoms with Crippen LogP contribution in [0.5, 0.6) is 0 Å². The molecule has 1 unspecified atom stereocenters. The Morgan fingerprint density at radius 3 is 2.96 bits per heavy atom. The minimum absolute atomic E-state index is 0.268. The quantitative estimate of drug-likeness (QED) is 0.370. The van der Waals surface area contributed by atoms with Crippen LogP contribution < -0.4 is 10.2 Å². The fourth-order valence-corrected chi connectivity index (χ4v) is 2.48. The van der Waals surface area contributed by atoms with Crippen LogP contribution in [0.2, 0.25) is 0 Å². The Kier molecular flexibility index (Phi) is 5.30. The van der Waals surface area contributed by atoms with Crippen molar-refractivity contribution in [2.45, 2.75) is 45.4 Å². The Labute approximate surface area is 139 Å². The second-order valence-corrected chi connectivity index (χ2v) is 6.38. The van der Waals surface area contributed by atoms with Crippen LogP contribution in [0.4, 0.5) is 10.6 Å². The van der Waals surface area contributed by atoms with Crippen molar-refractivity contribution in [2.75, 3.05) is 18.0 Å². The molecule has 130 valence electrons. The Hall–Kier alpha value is -2.74. The number of nitrogens with one attached hydrogen (secondary N) is 1. The molecule has 0 radical (unpaired) electrons. The normalized spacial score (nSPS) is 14.5. The van der Waals surface area contributed by atoms with Gasteiger partial charge in [0.1, 0.15) is 11.4 Å². The van der Waals surface area contributed by atoms with Gasteiger partial charge in [-0.15, -0.1) is 0 Å². The molecule has 0 saturated heterocycles. The molecule has 2 rings (SSSR count). The Balaban J connectivity index is 2.03. The molecule has 0 saturated carbocycles. The number of amides is 2. The zero-order valence-corrected chi connectivity index (χ0v) is 14.0. The van der Waals surface area contributed by atoms with E-state index in [4.69, 9.17) is 10.3 Å². The molecule has 0 fully saturated rings. The molecule has 0 aliphatic carbocycles. The van der Waals surface area contributed by atoms with Crippen molar-refractivity contribution in [2.24, 2.45) is 5.11 Å². The SMILES string of the molecule is CC(C)(C)OC(=O)NCCC(N=[N+]=[N-])c1cnn2c1N(C=O)CC2. The van der Waals surface area contributed by atoms with Gasteiger partial charge in [-0.1, -0.05) is 5.11 Å². The van der Waals surface area contributed by atoms with E-state index in [1.807, 2.05) is 0 Å². The molecular weight excluding hydrogens is 314 g/mol. The van der Waals surface area contributed by atoms with Crippen molar-refractivity contribution in [1.29, 1.82) is 0 Å². The maximum atomic E-state index is 11.7. The third-order valence-electron chi connectivity index (χ3n) is 3.43. The van der Waals surface area contributed by atoms with Gasteiger partial charge in [-0.3, -0.25) is 9.69 Å². The van der Waals surface area contributed by atoms with Gasteiger partial charge in [0.15, 0.2) is 0 Å². The van der Waals surface area contributed by atoms with Crippen molar-refractivity contribution >= 4 is 18.3 Å². The van der Waals surface area contributed by atoms with Crippen LogP contribution in [0.1, 0.15) is 38.8 Å². The number of carbonyl (C=O) groups is 2. The largest absolute Gasteiger partial charge is 0.444 e. The summed E-state index contributed by atoms with van der Waals surface area (Å²) in [5.41, 5.74) is 8.90. The average Bonchev–Trinajstić information content (AvgIpc) is 3.05. The highest BCUT2D eigenvalue weighted by molar-refractivity contribution is 5.76. The van der Waals surface area contributed by atoms with E-state index in [-0.39, 0.29) is 6.54 Å². The lowest BCUT2D eigenvalue weighted by molar-refractivity contribution is -0.107. The fraction of sp³-hybridized carbons (Fsp3) is 0.643. The summed E-state index contributed by atoms with van der Waals surface area (Å²) in [6, 6.07) is -0.533. The number of hydrogen-bond acceptors (Lipinski definition) is 5. The van der Waals surface area contributed by atoms with Gasteiger partial charge in [0.25, 0.3) is 0 Å². The summed E-state index contributed by atoms with van der Waals surface area (Å²) < 4.78 is 6.85. The van der Waals surface area contributed by atoms with Crippen LogP contribution in [0.25, 0.3) is 10.4 Å². The van der Waals surface area contributed by atoms with E-state index in [1.54, 1.807) is 31.6 Å². The first-order valence-electron chi connectivity index (χ1n) is 7.64. The standard InChI is InChI=1S/C14H21N7O3/c1-14(2,3)24-13(23)16-5-4-11(18-19-15)10-8-17-21-7-6-20(9-22)12(10)21/h8-9,11H,4-7H2,1-3H3,(H,16,23). The highest BCUT2D eigenvalue weighted by Gasteiger charge is 2.27. The van der Waals surface area contributed by atoms with Crippen molar-refractivity contribution in [3.8, 4) is 0 Å². The Morgan fingerprint density at radius 2 is 2.33 bits per heavy atom. The highest BCUT2D eigenvalue weighted by atomic mass is 16.6. The molecule has 1 aliphatic rings. The van der Waals surface area contributed by atoms with Crippen LogP contribution in [-0.4, -0.2) is 41.0 Å². The number of fused-ring (bicyclic) bond motifs is 1. The molecule has 1 aromatic heterocycles. The van der Waals surface area contributed by atoms with E-state index in [2.05, 4.69) is 20.4 Å². The summed E-state index contributed by atoms with van der Waals surface area (Å²) in [7, 11) is 0. The van der Waals surface area contributed by atoms with Crippen LogP contribution in [0.15, 0.2) is 11.3 Å². The number of azide groups is 1. The predicted octanol–water partition coefficient (Wildman–Crippen LogP) is 2.13. The second kappa shape index (κ2) is 7.22. The second-order valence-electron chi connectivity index (χ2n) is 6.38. The van der Waals surface area contributed by atoms with Gasteiger partial charge in [0.2, 0.25) is 6.41 Å². The first-order valence-corrected chi connectivity index (χ1v) is 7.64. The van der Waals surface area contributed by atoms with Gasteiger partial charge in [-0.2, -0.15) is 5.10 Å². The van der Waals surface area contributed by atoms with Gasteiger partial charge in [0.05, 0.1) is 18.8 Å². The highest BCUT2D eigenvalue weighted by Crippen LogP contribution is 2.33. The first kappa shape index (κ1) is 17.6. The maximum absolute atomic E-state index is 11.7. The molecular formula is C14H21N7O3. The molecule has 0 spiro atoms. The molecule has 1 aromatic rings. The third-order valence-corrected chi connectivity index (χ3v) is 3.43. The van der Waals surface area contributed by atoms with E-state index in [0.717, 1.165) is 6.41 Å². The smallest absolute Gasteiger partial charge is 0.407 e. The number of alkyl carbamates (subject to hydrolysis) is 1. The van der Waals surface area contributed by atoms with Gasteiger partial charge >= 0.3 is 6.09 Å². The molecule has 0 bridgehead atoms. The van der Waals surface area contributed by atoms with Crippen molar-refractivity contribution in [3.63, 3.8) is 0 Å². The van der Waals surface area contributed by atoms with Crippen LogP contribution >= 0.6 is 0 Å². The number of rotatable bonds is 6. The zero-order chi connectivity index (χ0) is 17.7. The minimum Gasteiger partial charge on any atom is -0.444 e. The van der Waals surface area contributed by atoms with E-state index >= 15 is 0 Å². The summed E-state index contributed by atoms with van der Waals surface area (Å²) in [6.07, 6.45) is 2.17. The Bertz CT molecular complexity index is 658. The van der Waals surface area contributed by atoms with Crippen LogP contribution in [0.3, 0.4) is 0 Å². The third kappa shape index (κ3) is 4.17. The number of hydrogen-bond donors (Lipinski definition) is 1. The number of nitrogens with zero attached hydrogens (tertiary/aromatic N) is 6. The lowest BCUT2D eigenvalue weighted by atomic mass is 10.1. The molecule has 2 heterocycles. The molecule has 10 nitrogen and oxygen atoms in total. The summed E-state index contributed by atoms with van der Waals surface area (Å²) in [5, 5.41) is 10.6. The topological polar surface area (TPSA) is 125 Å². The molecule has 1 N–H and O–H groups in total. The maximum Gasteiger partial charge on any atom is 0.407 e. The van der Waals surface area contributed by atoms with Crippen molar-refractivity contribution < 1.29 is 14.3 Å². The number of ether oxygens (including phenoxy) is 1. The van der Waals surface area contributed by atoms with Gasteiger partial charge < -0.3 is 10.1 Å². The number of aromatic nitrogens is 2. The molecule has 24 heavy (non-hydrogen) atoms. The van der Waals surface area contributed by atoms with E-state index in [9.17, 15) is 9.59 Å². The van der Waals surface area contributed by atoms with Crippen molar-refractivity contribution in [1.82, 2.24) is 15.1 Å². The average molecular weight is 335 g/mol. The monoisotopic (exact) mass is 335 g/mol. The summed E-state index contributed by atoms with van der Waals surface area (Å²) >= 11 is 0.